The highest BCUT2D eigenvalue weighted by atomic mass is 31.2. The lowest BCUT2D eigenvalue weighted by molar-refractivity contribution is 0.170. The van der Waals surface area contributed by atoms with Crippen molar-refractivity contribution >= 4 is 15.2 Å². The molecule has 17 heavy (non-hydrogen) atoms. The van der Waals surface area contributed by atoms with Crippen LogP contribution in [0.25, 0.3) is 0 Å². The van der Waals surface area contributed by atoms with Gasteiger partial charge < -0.3 is 0 Å². The third-order valence-corrected chi connectivity index (χ3v) is 4.39. The zero-order valence-electron chi connectivity index (χ0n) is 11.1. The van der Waals surface area contributed by atoms with Gasteiger partial charge in [0.1, 0.15) is 6.16 Å². The Morgan fingerprint density at radius 1 is 1.00 bits per heavy atom. The van der Waals surface area contributed by atoms with Crippen molar-refractivity contribution in [1.82, 2.24) is 0 Å². The maximum atomic E-state index is 6.30. The molecule has 1 rings (SSSR count). The van der Waals surface area contributed by atoms with Crippen LogP contribution in [0.2, 0.25) is 0 Å². The first-order chi connectivity index (χ1) is 7.91. The van der Waals surface area contributed by atoms with E-state index in [0.717, 1.165) is 5.56 Å². The Morgan fingerprint density at radius 2 is 1.47 bits per heavy atom. The SMILES string of the molecule is [B][P+](Cc1ccccc1)(OC(C)C)OC(C)C. The van der Waals surface area contributed by atoms with E-state index in [1.54, 1.807) is 0 Å². The van der Waals surface area contributed by atoms with Gasteiger partial charge in [0, 0.05) is 0 Å². The lowest BCUT2D eigenvalue weighted by atomic mass is 10.2. The lowest BCUT2D eigenvalue weighted by Gasteiger charge is -2.25. The maximum Gasteiger partial charge on any atom is 0.444 e. The van der Waals surface area contributed by atoms with Crippen molar-refractivity contribution in [2.24, 2.45) is 0 Å². The zero-order valence-corrected chi connectivity index (χ0v) is 12.0. The van der Waals surface area contributed by atoms with Crippen molar-refractivity contribution in [3.05, 3.63) is 35.9 Å². The Kier molecular flexibility index (Phi) is 5.65. The topological polar surface area (TPSA) is 18.5 Å². The molecule has 2 nitrogen and oxygen atoms in total. The first-order valence-electron chi connectivity index (χ1n) is 5.98. The summed E-state index contributed by atoms with van der Waals surface area (Å²) < 4.78 is 11.6. The molecule has 1 aromatic rings. The standard InChI is InChI=1S/C13H21BO2P/c1-11(2)15-17(14,16-12(3)4)10-13-8-6-5-7-9-13/h5-9,11-12H,10H2,1-4H3/q+1. The molecule has 0 amide bonds. The summed E-state index contributed by atoms with van der Waals surface area (Å²) in [6.07, 6.45) is 0.816. The summed E-state index contributed by atoms with van der Waals surface area (Å²) in [7, 11) is 4.00. The molecule has 0 aromatic heterocycles. The smallest absolute Gasteiger partial charge is 0.224 e. The second-order valence-electron chi connectivity index (χ2n) is 4.68. The third kappa shape index (κ3) is 5.67. The van der Waals surface area contributed by atoms with Crippen LogP contribution in [-0.2, 0) is 15.2 Å². The second-order valence-corrected chi connectivity index (χ2v) is 6.87. The van der Waals surface area contributed by atoms with Gasteiger partial charge in [0.25, 0.3) is 0 Å². The molecule has 0 aliphatic heterocycles. The fraction of sp³-hybridized carbons (Fsp3) is 0.538. The Morgan fingerprint density at radius 3 is 1.88 bits per heavy atom. The monoisotopic (exact) mass is 251 g/mol. The van der Waals surface area contributed by atoms with Crippen molar-refractivity contribution in [3.63, 3.8) is 0 Å². The summed E-state index contributed by atoms with van der Waals surface area (Å²) >= 11 is 0. The predicted molar refractivity (Wildman–Crippen MR) is 75.3 cm³/mol. The van der Waals surface area contributed by atoms with Gasteiger partial charge in [-0.2, -0.15) is 0 Å². The summed E-state index contributed by atoms with van der Waals surface area (Å²) in [5, 5.41) is 0. The van der Waals surface area contributed by atoms with E-state index in [2.05, 4.69) is 12.1 Å². The molecule has 0 saturated carbocycles. The van der Waals surface area contributed by atoms with Crippen molar-refractivity contribution in [2.45, 2.75) is 46.1 Å². The van der Waals surface area contributed by atoms with E-state index in [-0.39, 0.29) is 12.2 Å². The van der Waals surface area contributed by atoms with Crippen molar-refractivity contribution < 1.29 is 9.05 Å². The highest BCUT2D eigenvalue weighted by Crippen LogP contribution is 2.60. The quantitative estimate of drug-likeness (QED) is 0.562. The number of rotatable bonds is 6. The van der Waals surface area contributed by atoms with Gasteiger partial charge >= 0.3 is 7.57 Å². The van der Waals surface area contributed by atoms with Gasteiger partial charge in [-0.05, 0) is 33.3 Å². The molecule has 2 radical (unpaired) electrons. The highest BCUT2D eigenvalue weighted by molar-refractivity contribution is 7.89. The molecule has 0 atom stereocenters. The van der Waals surface area contributed by atoms with E-state index in [1.807, 2.05) is 45.9 Å². The number of hydrogen-bond donors (Lipinski definition) is 0. The molecule has 0 aliphatic carbocycles. The van der Waals surface area contributed by atoms with Crippen LogP contribution >= 0.6 is 7.59 Å². The Bertz CT molecular complexity index is 317. The van der Waals surface area contributed by atoms with E-state index in [4.69, 9.17) is 16.6 Å². The van der Waals surface area contributed by atoms with Gasteiger partial charge in [-0.15, -0.1) is 0 Å². The minimum atomic E-state index is -2.30. The third-order valence-electron chi connectivity index (χ3n) is 2.02. The fourth-order valence-electron chi connectivity index (χ4n) is 1.65. The molecule has 0 aliphatic rings. The van der Waals surface area contributed by atoms with E-state index >= 15 is 0 Å². The molecule has 0 fully saturated rings. The van der Waals surface area contributed by atoms with Crippen LogP contribution in [0.3, 0.4) is 0 Å². The number of benzene rings is 1. The average molecular weight is 251 g/mol. The van der Waals surface area contributed by atoms with Crippen LogP contribution in [0.5, 0.6) is 0 Å². The summed E-state index contributed by atoms with van der Waals surface area (Å²) in [6, 6.07) is 10.1. The van der Waals surface area contributed by atoms with Crippen LogP contribution in [0, 0.1) is 0 Å². The summed E-state index contributed by atoms with van der Waals surface area (Å²) in [5.41, 5.74) is 1.16. The molecule has 0 spiro atoms. The molecule has 4 heteroatoms. The van der Waals surface area contributed by atoms with E-state index in [9.17, 15) is 0 Å². The maximum absolute atomic E-state index is 6.30. The van der Waals surface area contributed by atoms with E-state index in [0.29, 0.717) is 6.16 Å². The first-order valence-corrected chi connectivity index (χ1v) is 7.86. The lowest BCUT2D eigenvalue weighted by Crippen LogP contribution is -2.14. The summed E-state index contributed by atoms with van der Waals surface area (Å²) in [6.45, 7) is 7.93. The molecular formula is C13H21BO2P+. The highest BCUT2D eigenvalue weighted by Gasteiger charge is 2.38. The molecular weight excluding hydrogens is 230 g/mol. The van der Waals surface area contributed by atoms with Gasteiger partial charge in [0.2, 0.25) is 7.59 Å². The van der Waals surface area contributed by atoms with Crippen LogP contribution in [0.4, 0.5) is 0 Å². The van der Waals surface area contributed by atoms with Crippen molar-refractivity contribution in [2.75, 3.05) is 0 Å². The van der Waals surface area contributed by atoms with Gasteiger partial charge in [0.15, 0.2) is 0 Å². The van der Waals surface area contributed by atoms with Crippen molar-refractivity contribution in [3.8, 4) is 0 Å². The average Bonchev–Trinajstić information content (AvgIpc) is 2.15. The van der Waals surface area contributed by atoms with Crippen LogP contribution < -0.4 is 0 Å². The van der Waals surface area contributed by atoms with Gasteiger partial charge in [-0.25, -0.2) is 9.05 Å². The molecule has 0 bridgehead atoms. The minimum absolute atomic E-state index is 0.0794. The Balaban J connectivity index is 2.76. The van der Waals surface area contributed by atoms with Gasteiger partial charge in [0.05, 0.1) is 12.2 Å². The molecule has 0 saturated heterocycles. The summed E-state index contributed by atoms with van der Waals surface area (Å²) in [4.78, 5) is 0. The summed E-state index contributed by atoms with van der Waals surface area (Å²) in [5.74, 6) is 0. The van der Waals surface area contributed by atoms with Crippen LogP contribution in [0.15, 0.2) is 30.3 Å². The molecule has 1 aromatic carbocycles. The Labute approximate surface area is 107 Å². The molecule has 0 heterocycles. The zero-order chi connectivity index (χ0) is 12.9. The van der Waals surface area contributed by atoms with Gasteiger partial charge in [-0.3, -0.25) is 0 Å². The van der Waals surface area contributed by atoms with Crippen LogP contribution in [-0.4, -0.2) is 19.8 Å². The van der Waals surface area contributed by atoms with E-state index in [1.165, 1.54) is 0 Å². The van der Waals surface area contributed by atoms with Crippen molar-refractivity contribution in [1.29, 1.82) is 0 Å². The van der Waals surface area contributed by atoms with Crippen LogP contribution in [0.1, 0.15) is 33.3 Å². The minimum Gasteiger partial charge on any atom is -0.224 e. The predicted octanol–water partition coefficient (Wildman–Crippen LogP) is 3.97. The fourth-order valence-corrected chi connectivity index (χ4v) is 4.00. The Hall–Kier alpha value is -0.365. The first kappa shape index (κ1) is 14.7. The normalized spacial score (nSPS) is 12.4. The number of hydrogen-bond acceptors (Lipinski definition) is 2. The van der Waals surface area contributed by atoms with Gasteiger partial charge in [-0.1, -0.05) is 30.3 Å². The molecule has 0 unspecified atom stereocenters. The second kappa shape index (κ2) is 6.54. The largest absolute Gasteiger partial charge is 0.444 e. The molecule has 0 N–H and O–H groups in total. The van der Waals surface area contributed by atoms with E-state index < -0.39 is 7.59 Å². The molecule has 92 valence electrons.